The number of esters is 1. The third-order valence-corrected chi connectivity index (χ3v) is 16.1. The van der Waals surface area contributed by atoms with E-state index >= 15 is 4.79 Å². The fraction of sp³-hybridized carbons (Fsp3) is 0.0896. The van der Waals surface area contributed by atoms with Gasteiger partial charge in [0, 0.05) is 16.0 Å². The second kappa shape index (κ2) is 21.4. The number of carbonyl (C=O) groups is 1. The Balaban J connectivity index is 1.22. The quantitative estimate of drug-likeness (QED) is 0.0319. The molecule has 0 saturated carbocycles. The number of rotatable bonds is 16. The summed E-state index contributed by atoms with van der Waals surface area (Å²) in [5, 5.41) is 61.0. The lowest BCUT2D eigenvalue weighted by Gasteiger charge is -2.38. The number of hydrogen-bond donors (Lipinski definition) is 6. The van der Waals surface area contributed by atoms with E-state index in [4.69, 9.17) is 4.74 Å². The third-order valence-electron chi connectivity index (χ3n) is 16.1. The first kappa shape index (κ1) is 52.1. The van der Waals surface area contributed by atoms with Crippen molar-refractivity contribution in [1.82, 2.24) is 0 Å². The summed E-state index contributed by atoms with van der Waals surface area (Å²) in [6.07, 6.45) is 0. The van der Waals surface area contributed by atoms with Gasteiger partial charge in [0.25, 0.3) is 0 Å². The average Bonchev–Trinajstić information content (AvgIpc) is 3.67. The minimum absolute atomic E-state index is 0.00409. The summed E-state index contributed by atoms with van der Waals surface area (Å²) in [6, 6.07) is 76.6. The van der Waals surface area contributed by atoms with Gasteiger partial charge in [-0.3, -0.25) is 4.79 Å². The molecule has 0 heterocycles. The molecule has 0 aromatic heterocycles. The van der Waals surface area contributed by atoms with E-state index < -0.39 is 27.4 Å². The van der Waals surface area contributed by atoms with Crippen LogP contribution in [-0.4, -0.2) is 59.4 Å². The van der Waals surface area contributed by atoms with E-state index in [0.717, 1.165) is 55.6 Å². The lowest BCUT2D eigenvalue weighted by atomic mass is 9.34. The van der Waals surface area contributed by atoms with Crippen molar-refractivity contribution in [3.05, 3.63) is 321 Å². The fourth-order valence-corrected chi connectivity index (χ4v) is 11.6. The van der Waals surface area contributed by atoms with Crippen LogP contribution in [0.5, 0.6) is 34.5 Å². The molecule has 0 aliphatic heterocycles. The minimum atomic E-state index is -1.61. The smallest absolute Gasteiger partial charge is 0.325 e. The first-order valence-corrected chi connectivity index (χ1v) is 26.0. The highest BCUT2D eigenvalue weighted by atomic mass is 16.5. The second-order valence-electron chi connectivity index (χ2n) is 20.3. The van der Waals surface area contributed by atoms with E-state index in [0.29, 0.717) is 23.9 Å². The number of phenols is 6. The Labute approximate surface area is 457 Å². The molecule has 0 saturated heterocycles. The zero-order valence-corrected chi connectivity index (χ0v) is 43.6. The summed E-state index contributed by atoms with van der Waals surface area (Å²) in [7, 11) is 4.81. The summed E-state index contributed by atoms with van der Waals surface area (Å²) < 4.78 is 6.57. The van der Waals surface area contributed by atoms with Crippen LogP contribution in [0.4, 0.5) is 0 Å². The van der Waals surface area contributed by atoms with Crippen LogP contribution >= 0.6 is 0 Å². The highest BCUT2D eigenvalue weighted by Gasteiger charge is 2.47. The van der Waals surface area contributed by atoms with Crippen molar-refractivity contribution < 1.29 is 40.2 Å². The molecule has 1 atom stereocenters. The molecular formula is C67H57B3O8. The first-order valence-electron chi connectivity index (χ1n) is 26.0. The number of phenolic OH excluding ortho intramolecular Hbond substituents is 6. The third kappa shape index (κ3) is 9.42. The standard InChI is InChI=1S/C67H57B3O8/c1-64(46-19-31-57(71)32-20-46,47-21-33-58(72)34-22-47)45-7-9-48(10-8-45)65(63(77)78-43-44-5-3-2-4-6-44,49-11-15-51(16-12-49)66(68,52-23-35-59(73)36-24-52)53-25-37-60(74)38-26-53)50-13-17-54(18-14-50)67(70-69,55-27-39-61(75)40-28-55)56-29-41-62(76)42-30-56/h2-42,70-76H,43,68-69H2,1H3. The van der Waals surface area contributed by atoms with E-state index in [2.05, 4.69) is 34.6 Å². The molecule has 0 radical (unpaired) electrons. The van der Waals surface area contributed by atoms with Crippen LogP contribution in [0.2, 0.25) is 0 Å². The van der Waals surface area contributed by atoms with Gasteiger partial charge in [0.2, 0.25) is 0 Å². The highest BCUT2D eigenvalue weighted by Crippen LogP contribution is 2.47. The van der Waals surface area contributed by atoms with Crippen molar-refractivity contribution in [2.75, 3.05) is 0 Å². The Bertz CT molecular complexity index is 3370. The van der Waals surface area contributed by atoms with Crippen molar-refractivity contribution in [3.8, 4) is 34.5 Å². The van der Waals surface area contributed by atoms with Crippen LogP contribution in [0.1, 0.15) is 79.2 Å². The Morgan fingerprint density at radius 2 is 0.615 bits per heavy atom. The van der Waals surface area contributed by atoms with Gasteiger partial charge >= 0.3 is 5.97 Å². The van der Waals surface area contributed by atoms with Crippen LogP contribution < -0.4 is 0 Å². The molecule has 0 aliphatic carbocycles. The second-order valence-corrected chi connectivity index (χ2v) is 20.3. The molecular weight excluding hydrogens is 965 g/mol. The van der Waals surface area contributed by atoms with Crippen LogP contribution in [0, 0.1) is 0 Å². The molecule has 0 fully saturated rings. The lowest BCUT2D eigenvalue weighted by molar-refractivity contribution is -0.148. The highest BCUT2D eigenvalue weighted by molar-refractivity contribution is 6.92. The SMILES string of the molecule is BBC(c1ccc(O)cc1)(c1ccc(O)cc1)c1ccc(C(C(=O)OCc2ccccc2)(c2ccc(C(B)(c3ccc(O)cc3)c3ccc(O)cc3)cc2)c2ccc(C(C)(c3ccc(O)cc3)c3ccc(O)cc3)cc2)cc1. The Morgan fingerprint density at radius 3 is 0.923 bits per heavy atom. The maximum absolute atomic E-state index is 16.1. The van der Waals surface area contributed by atoms with E-state index in [-0.39, 0.29) is 41.1 Å². The zero-order valence-electron chi connectivity index (χ0n) is 43.6. The first-order chi connectivity index (χ1) is 37.7. The summed E-state index contributed by atoms with van der Waals surface area (Å²) in [5.74, 6) is 0.284. The predicted molar refractivity (Wildman–Crippen MR) is 314 cm³/mol. The maximum Gasteiger partial charge on any atom is 0.325 e. The largest absolute Gasteiger partial charge is 0.508 e. The summed E-state index contributed by atoms with van der Waals surface area (Å²) in [5.41, 5.74) is 8.40. The summed E-state index contributed by atoms with van der Waals surface area (Å²) >= 11 is 0. The van der Waals surface area contributed by atoms with Crippen LogP contribution in [0.3, 0.4) is 0 Å². The van der Waals surface area contributed by atoms with Gasteiger partial charge in [0.05, 0.1) is 7.74 Å². The van der Waals surface area contributed by atoms with Gasteiger partial charge in [0.1, 0.15) is 61.5 Å². The number of benzene rings is 10. The fourth-order valence-electron chi connectivity index (χ4n) is 11.6. The van der Waals surface area contributed by atoms with Gasteiger partial charge in [-0.05, 0) is 152 Å². The molecule has 0 amide bonds. The van der Waals surface area contributed by atoms with Crippen LogP contribution in [0.15, 0.2) is 249 Å². The van der Waals surface area contributed by atoms with Gasteiger partial charge in [-0.2, -0.15) is 0 Å². The number of carbonyl (C=O) groups excluding carboxylic acids is 1. The van der Waals surface area contributed by atoms with Gasteiger partial charge in [-0.25, -0.2) is 0 Å². The van der Waals surface area contributed by atoms with Crippen molar-refractivity contribution >= 4 is 28.7 Å². The topological polar surface area (TPSA) is 148 Å². The molecule has 10 rings (SSSR count). The summed E-state index contributed by atoms with van der Waals surface area (Å²) in [6.45, 7) is 2.09. The normalized spacial score (nSPS) is 12.5. The Morgan fingerprint density at radius 1 is 0.372 bits per heavy atom. The van der Waals surface area contributed by atoms with Crippen molar-refractivity contribution in [2.45, 2.75) is 35.0 Å². The van der Waals surface area contributed by atoms with Crippen molar-refractivity contribution in [3.63, 3.8) is 0 Å². The number of ether oxygens (including phenoxy) is 1. The predicted octanol–water partition coefficient (Wildman–Crippen LogP) is 10.6. The van der Waals surface area contributed by atoms with Gasteiger partial charge < -0.3 is 35.4 Å². The van der Waals surface area contributed by atoms with Crippen molar-refractivity contribution in [2.24, 2.45) is 0 Å². The molecule has 382 valence electrons. The van der Waals surface area contributed by atoms with Gasteiger partial charge in [-0.15, -0.1) is 0 Å². The van der Waals surface area contributed by atoms with E-state index in [9.17, 15) is 30.6 Å². The van der Waals surface area contributed by atoms with Crippen LogP contribution in [-0.2, 0) is 37.6 Å². The van der Waals surface area contributed by atoms with Crippen molar-refractivity contribution in [1.29, 1.82) is 0 Å². The number of aromatic hydroxyl groups is 6. The maximum atomic E-state index is 16.1. The average molecular weight is 1020 g/mol. The molecule has 10 aromatic rings. The van der Waals surface area contributed by atoms with Crippen LogP contribution in [0.25, 0.3) is 0 Å². The molecule has 8 nitrogen and oxygen atoms in total. The molecule has 6 N–H and O–H groups in total. The molecule has 0 spiro atoms. The molecule has 11 heteroatoms. The van der Waals surface area contributed by atoms with E-state index in [1.165, 1.54) is 0 Å². The number of hydrogen-bond acceptors (Lipinski definition) is 8. The molecule has 10 aromatic carbocycles. The van der Waals surface area contributed by atoms with Gasteiger partial charge in [-0.1, -0.05) is 176 Å². The van der Waals surface area contributed by atoms with Gasteiger partial charge in [0.15, 0.2) is 0 Å². The molecule has 78 heavy (non-hydrogen) atoms. The monoisotopic (exact) mass is 1020 g/mol. The Kier molecular flexibility index (Phi) is 14.3. The zero-order chi connectivity index (χ0) is 54.7. The Hall–Kier alpha value is -9.34. The van der Waals surface area contributed by atoms with E-state index in [1.807, 2.05) is 164 Å². The minimum Gasteiger partial charge on any atom is -0.508 e. The summed E-state index contributed by atoms with van der Waals surface area (Å²) in [4.78, 5) is 16.1. The lowest BCUT2D eigenvalue weighted by Crippen LogP contribution is -2.41. The molecule has 0 bridgehead atoms. The molecule has 0 aliphatic rings. The van der Waals surface area contributed by atoms with E-state index in [1.54, 1.807) is 72.8 Å². The molecule has 1 unspecified atom stereocenters.